The normalized spacial score (nSPS) is 47.6. The van der Waals surface area contributed by atoms with Crippen molar-refractivity contribution < 1.29 is 9.84 Å². The Bertz CT molecular complexity index is 92.4. The third kappa shape index (κ3) is 0.844. The van der Waals surface area contributed by atoms with Gasteiger partial charge in [0.15, 0.2) is 0 Å². The summed E-state index contributed by atoms with van der Waals surface area (Å²) in [6.07, 6.45) is 0. The predicted molar refractivity (Wildman–Crippen MR) is 29.4 cm³/mol. The van der Waals surface area contributed by atoms with Crippen molar-refractivity contribution >= 4 is 0 Å². The summed E-state index contributed by atoms with van der Waals surface area (Å²) in [4.78, 5) is 0. The molecule has 48 valence electrons. The number of aliphatic hydroxyl groups is 1. The number of hydrogen-bond donors (Lipinski definition) is 2. The van der Waals surface area contributed by atoms with Crippen LogP contribution in [0.4, 0.5) is 0 Å². The smallest absolute Gasteiger partial charge is 0.102 e. The van der Waals surface area contributed by atoms with E-state index in [-0.39, 0.29) is 6.04 Å². The van der Waals surface area contributed by atoms with Gasteiger partial charge < -0.3 is 15.6 Å². The lowest BCUT2D eigenvalue weighted by molar-refractivity contribution is 0.0361. The monoisotopic (exact) mass is 117 g/mol. The molecule has 1 saturated heterocycles. The Morgan fingerprint density at radius 2 is 2.50 bits per heavy atom. The number of hydrogen-bond acceptors (Lipinski definition) is 3. The fourth-order valence-electron chi connectivity index (χ4n) is 0.679. The summed E-state index contributed by atoms with van der Waals surface area (Å²) in [6, 6.07) is -0.206. The fraction of sp³-hybridized carbons (Fsp3) is 1.00. The Kier molecular flexibility index (Phi) is 1.27. The van der Waals surface area contributed by atoms with E-state index in [1.54, 1.807) is 6.92 Å². The van der Waals surface area contributed by atoms with Crippen molar-refractivity contribution in [2.45, 2.75) is 18.6 Å². The summed E-state index contributed by atoms with van der Waals surface area (Å²) in [5, 5.41) is 9.21. The molecular formula is C5H11NO2. The molecule has 0 amide bonds. The highest BCUT2D eigenvalue weighted by Gasteiger charge is 2.34. The van der Waals surface area contributed by atoms with E-state index < -0.39 is 5.60 Å². The summed E-state index contributed by atoms with van der Waals surface area (Å²) >= 11 is 0. The zero-order chi connectivity index (χ0) is 6.20. The highest BCUT2D eigenvalue weighted by atomic mass is 16.5. The summed E-state index contributed by atoms with van der Waals surface area (Å²) in [5.74, 6) is 0. The zero-order valence-corrected chi connectivity index (χ0v) is 4.92. The van der Waals surface area contributed by atoms with Crippen LogP contribution in [0.1, 0.15) is 6.92 Å². The van der Waals surface area contributed by atoms with Gasteiger partial charge in [-0.1, -0.05) is 0 Å². The number of ether oxygens (including phenoxy) is 1. The molecule has 0 aromatic carbocycles. The molecule has 1 aliphatic heterocycles. The Labute approximate surface area is 48.4 Å². The van der Waals surface area contributed by atoms with Crippen LogP contribution in [-0.2, 0) is 4.74 Å². The van der Waals surface area contributed by atoms with Gasteiger partial charge in [-0.3, -0.25) is 0 Å². The summed E-state index contributed by atoms with van der Waals surface area (Å²) < 4.78 is 4.90. The van der Waals surface area contributed by atoms with Crippen LogP contribution in [0, 0.1) is 0 Å². The third-order valence-electron chi connectivity index (χ3n) is 1.49. The van der Waals surface area contributed by atoms with E-state index in [1.807, 2.05) is 0 Å². The van der Waals surface area contributed by atoms with E-state index in [1.165, 1.54) is 0 Å². The standard InChI is InChI=1S/C5H11NO2/c1-5(7)3-8-2-4(5)6/h4,7H,2-3,6H2,1H3/t4-,5+/m1/s1. The predicted octanol–water partition coefficient (Wildman–Crippen LogP) is -0.905. The van der Waals surface area contributed by atoms with E-state index in [4.69, 9.17) is 10.5 Å². The zero-order valence-electron chi connectivity index (χ0n) is 4.92. The van der Waals surface area contributed by atoms with E-state index in [9.17, 15) is 5.11 Å². The van der Waals surface area contributed by atoms with Crippen LogP contribution in [-0.4, -0.2) is 30.0 Å². The second kappa shape index (κ2) is 1.69. The topological polar surface area (TPSA) is 55.5 Å². The van der Waals surface area contributed by atoms with Crippen molar-refractivity contribution in [3.05, 3.63) is 0 Å². The van der Waals surface area contributed by atoms with Gasteiger partial charge >= 0.3 is 0 Å². The maximum Gasteiger partial charge on any atom is 0.102 e. The second-order valence-electron chi connectivity index (χ2n) is 2.48. The molecule has 3 heteroatoms. The molecule has 0 unspecified atom stereocenters. The maximum atomic E-state index is 9.21. The van der Waals surface area contributed by atoms with Crippen molar-refractivity contribution in [1.82, 2.24) is 0 Å². The molecule has 0 aromatic heterocycles. The summed E-state index contributed by atoms with van der Waals surface area (Å²) in [6.45, 7) is 2.53. The van der Waals surface area contributed by atoms with Gasteiger partial charge in [0.25, 0.3) is 0 Å². The minimum Gasteiger partial charge on any atom is -0.386 e. The first-order valence-corrected chi connectivity index (χ1v) is 2.68. The van der Waals surface area contributed by atoms with Crippen LogP contribution in [0.5, 0.6) is 0 Å². The van der Waals surface area contributed by atoms with Gasteiger partial charge in [0.1, 0.15) is 5.60 Å². The molecule has 3 nitrogen and oxygen atoms in total. The molecule has 0 aliphatic carbocycles. The summed E-state index contributed by atoms with van der Waals surface area (Å²) in [7, 11) is 0. The van der Waals surface area contributed by atoms with Gasteiger partial charge in [0.05, 0.1) is 19.3 Å². The molecule has 8 heavy (non-hydrogen) atoms. The lowest BCUT2D eigenvalue weighted by Crippen LogP contribution is -2.43. The van der Waals surface area contributed by atoms with E-state index >= 15 is 0 Å². The largest absolute Gasteiger partial charge is 0.386 e. The van der Waals surface area contributed by atoms with Gasteiger partial charge in [0.2, 0.25) is 0 Å². The minimum atomic E-state index is -0.792. The number of rotatable bonds is 0. The molecular weight excluding hydrogens is 106 g/mol. The minimum absolute atomic E-state index is 0.206. The maximum absolute atomic E-state index is 9.21. The van der Waals surface area contributed by atoms with Crippen LogP contribution >= 0.6 is 0 Å². The van der Waals surface area contributed by atoms with Crippen LogP contribution in [0.2, 0.25) is 0 Å². The van der Waals surface area contributed by atoms with E-state index in [0.717, 1.165) is 0 Å². The van der Waals surface area contributed by atoms with Crippen LogP contribution in [0.15, 0.2) is 0 Å². The molecule has 0 spiro atoms. The first-order valence-electron chi connectivity index (χ1n) is 2.68. The van der Waals surface area contributed by atoms with Crippen LogP contribution in [0.25, 0.3) is 0 Å². The molecule has 0 bridgehead atoms. The summed E-state index contributed by atoms with van der Waals surface area (Å²) in [5.41, 5.74) is 4.65. The van der Waals surface area contributed by atoms with Gasteiger partial charge in [0, 0.05) is 0 Å². The third-order valence-corrected chi connectivity index (χ3v) is 1.49. The Morgan fingerprint density at radius 1 is 1.88 bits per heavy atom. The molecule has 1 rings (SSSR count). The lowest BCUT2D eigenvalue weighted by atomic mass is 10.0. The second-order valence-corrected chi connectivity index (χ2v) is 2.48. The van der Waals surface area contributed by atoms with Crippen molar-refractivity contribution in [3.63, 3.8) is 0 Å². The van der Waals surface area contributed by atoms with Gasteiger partial charge in [-0.2, -0.15) is 0 Å². The molecule has 1 heterocycles. The average molecular weight is 117 g/mol. The van der Waals surface area contributed by atoms with E-state index in [0.29, 0.717) is 13.2 Å². The number of nitrogens with two attached hydrogens (primary N) is 1. The lowest BCUT2D eigenvalue weighted by Gasteiger charge is -2.18. The first-order chi connectivity index (χ1) is 3.63. The average Bonchev–Trinajstić information content (AvgIpc) is 1.86. The fourth-order valence-corrected chi connectivity index (χ4v) is 0.679. The molecule has 1 fully saturated rings. The molecule has 2 atom stereocenters. The van der Waals surface area contributed by atoms with Crippen molar-refractivity contribution in [1.29, 1.82) is 0 Å². The Morgan fingerprint density at radius 3 is 2.62 bits per heavy atom. The molecule has 3 N–H and O–H groups in total. The molecule has 0 radical (unpaired) electrons. The van der Waals surface area contributed by atoms with E-state index in [2.05, 4.69) is 0 Å². The van der Waals surface area contributed by atoms with Crippen LogP contribution < -0.4 is 5.73 Å². The first kappa shape index (κ1) is 6.01. The van der Waals surface area contributed by atoms with Crippen LogP contribution in [0.3, 0.4) is 0 Å². The van der Waals surface area contributed by atoms with Crippen molar-refractivity contribution in [2.75, 3.05) is 13.2 Å². The Balaban J connectivity index is 2.54. The van der Waals surface area contributed by atoms with Gasteiger partial charge in [-0.05, 0) is 6.92 Å². The molecule has 0 aromatic rings. The van der Waals surface area contributed by atoms with Gasteiger partial charge in [-0.25, -0.2) is 0 Å². The molecule has 0 saturated carbocycles. The quantitative estimate of drug-likeness (QED) is 0.432. The molecule has 1 aliphatic rings. The highest BCUT2D eigenvalue weighted by molar-refractivity contribution is 4.89. The SMILES string of the molecule is C[C@]1(O)COC[C@H]1N. The Hall–Kier alpha value is -0.120. The van der Waals surface area contributed by atoms with Gasteiger partial charge in [-0.15, -0.1) is 0 Å². The van der Waals surface area contributed by atoms with Crippen molar-refractivity contribution in [3.8, 4) is 0 Å². The highest BCUT2D eigenvalue weighted by Crippen LogP contribution is 2.15. The van der Waals surface area contributed by atoms with Crippen molar-refractivity contribution in [2.24, 2.45) is 5.73 Å².